The summed E-state index contributed by atoms with van der Waals surface area (Å²) in [6.07, 6.45) is 65.0. The number of rotatable bonds is 0. The van der Waals surface area contributed by atoms with E-state index in [2.05, 4.69) is 20.8 Å². The fourth-order valence-corrected chi connectivity index (χ4v) is 20.2. The Morgan fingerprint density at radius 3 is 0.362 bits per heavy atom. The summed E-state index contributed by atoms with van der Waals surface area (Å²) in [6, 6.07) is 0. The zero-order valence-corrected chi connectivity index (χ0v) is 52.5. The summed E-state index contributed by atoms with van der Waals surface area (Å²) < 4.78 is 24.5. The summed E-state index contributed by atoms with van der Waals surface area (Å²) >= 11 is 0. The van der Waals surface area contributed by atoms with E-state index in [1.807, 2.05) is 0 Å². The molecule has 450 valence electrons. The van der Waals surface area contributed by atoms with Crippen LogP contribution < -0.4 is 0 Å². The summed E-state index contributed by atoms with van der Waals surface area (Å²) in [4.78, 5) is 0. The van der Waals surface area contributed by atoms with Gasteiger partial charge in [0.15, 0.2) is 0 Å². The number of fused-ring (bicyclic) bond motifs is 9. The molecule has 0 spiro atoms. The van der Waals surface area contributed by atoms with Crippen molar-refractivity contribution in [2.75, 3.05) is 0 Å². The molecule has 39 saturated carbocycles. The van der Waals surface area contributed by atoms with Gasteiger partial charge in [-0.2, -0.15) is 0 Å². The van der Waals surface area contributed by atoms with Crippen molar-refractivity contribution in [3.8, 4) is 0 Å². The van der Waals surface area contributed by atoms with E-state index in [0.717, 1.165) is 67.1 Å². The van der Waals surface area contributed by atoms with Gasteiger partial charge in [0.2, 0.25) is 0 Å². The second-order valence-corrected chi connectivity index (χ2v) is 38.5. The van der Waals surface area contributed by atoms with E-state index in [4.69, 9.17) is 0 Å². The Morgan fingerprint density at radius 1 is 0.212 bits per heavy atom. The number of hydrogen-bond donors (Lipinski definition) is 0. The molecular formula is C78H124F2. The van der Waals surface area contributed by atoms with Gasteiger partial charge >= 0.3 is 0 Å². The average molecular weight is 1100 g/mol. The quantitative estimate of drug-likeness (QED) is 0.227. The van der Waals surface area contributed by atoms with Crippen molar-refractivity contribution >= 4 is 0 Å². The van der Waals surface area contributed by atoms with Gasteiger partial charge in [0, 0.05) is 0 Å². The Labute approximate surface area is 491 Å². The fraction of sp³-hybridized carbons (Fsp3) is 1.00. The molecule has 18 bridgehead atoms. The zero-order chi connectivity index (χ0) is 53.7. The minimum atomic E-state index is -0.634. The van der Waals surface area contributed by atoms with Crippen LogP contribution in [-0.2, 0) is 0 Å². The van der Waals surface area contributed by atoms with E-state index in [-0.39, 0.29) is 0 Å². The van der Waals surface area contributed by atoms with Crippen molar-refractivity contribution in [3.05, 3.63) is 0 Å². The molecule has 80 heavy (non-hydrogen) atoms. The van der Waals surface area contributed by atoms with Gasteiger partial charge in [0.1, 0.15) is 11.3 Å². The second-order valence-electron chi connectivity index (χ2n) is 38.5. The summed E-state index contributed by atoms with van der Waals surface area (Å²) in [7, 11) is 0. The lowest BCUT2D eigenvalue weighted by Crippen LogP contribution is -2.54. The molecule has 0 nitrogen and oxygen atoms in total. The predicted octanol–water partition coefficient (Wildman–Crippen LogP) is 22.5. The van der Waals surface area contributed by atoms with Gasteiger partial charge < -0.3 is 0 Å². The normalized spacial score (nSPS) is 59.4. The smallest absolute Gasteiger partial charge is 0.111 e. The van der Waals surface area contributed by atoms with Crippen molar-refractivity contribution < 1.29 is 8.78 Å². The monoisotopic (exact) mass is 1100 g/mol. The van der Waals surface area contributed by atoms with Crippen LogP contribution in [0.15, 0.2) is 0 Å². The SMILES string of the molecule is C1C2CC12.C1C2CC12.C1C2CC1C2.C1C2CC1C2.C1CC2CC12.C1CC2CC12.C1CC2CC12.C1CC2CC1C2.C1CC2CC1C2.C1CC2CC1C2.CC12CC(C1)C2.CC12CC(C1)C2.CC1C2CC12.FC12CC(C1)C2.FC12CC(C1)C2. The van der Waals surface area contributed by atoms with Gasteiger partial charge in [0.05, 0.1) is 0 Å². The van der Waals surface area contributed by atoms with E-state index in [9.17, 15) is 8.78 Å². The van der Waals surface area contributed by atoms with Gasteiger partial charge in [-0.1, -0.05) is 59.3 Å². The van der Waals surface area contributed by atoms with Crippen LogP contribution in [0.25, 0.3) is 0 Å². The molecule has 0 heterocycles. The molecule has 0 aliphatic heterocycles. The minimum absolute atomic E-state index is 0.634. The molecule has 39 aliphatic carbocycles. The van der Waals surface area contributed by atoms with Crippen molar-refractivity contribution in [2.45, 2.75) is 315 Å². The Balaban J connectivity index is 0.0000000712. The van der Waals surface area contributed by atoms with Crippen LogP contribution in [0.4, 0.5) is 8.78 Å². The first-order valence-corrected chi connectivity index (χ1v) is 38.0. The Kier molecular flexibility index (Phi) is 14.9. The highest BCUT2D eigenvalue weighted by atomic mass is 19.1. The molecule has 39 aliphatic rings. The number of alkyl halides is 2. The minimum Gasteiger partial charge on any atom is -0.244 e. The van der Waals surface area contributed by atoms with Crippen LogP contribution in [0, 0.1) is 171 Å². The maximum absolute atomic E-state index is 12.3. The Morgan fingerprint density at radius 2 is 0.350 bits per heavy atom. The zero-order valence-electron chi connectivity index (χ0n) is 52.5. The first-order valence-electron chi connectivity index (χ1n) is 38.0. The van der Waals surface area contributed by atoms with Gasteiger partial charge in [0.25, 0.3) is 0 Å². The lowest BCUT2D eigenvalue weighted by molar-refractivity contribution is -0.128. The molecule has 8 unspecified atom stereocenters. The molecule has 39 rings (SSSR count). The van der Waals surface area contributed by atoms with Crippen molar-refractivity contribution in [2.24, 2.45) is 171 Å². The second kappa shape index (κ2) is 21.6. The molecule has 8 atom stereocenters. The fourth-order valence-electron chi connectivity index (χ4n) is 20.2. The van der Waals surface area contributed by atoms with E-state index in [0.29, 0.717) is 0 Å². The van der Waals surface area contributed by atoms with Crippen LogP contribution in [0.2, 0.25) is 0 Å². The van der Waals surface area contributed by atoms with Crippen LogP contribution in [0.3, 0.4) is 0 Å². The highest BCUT2D eigenvalue weighted by Crippen LogP contribution is 2.68. The number of hydrogen-bond acceptors (Lipinski definition) is 0. The molecule has 39 fully saturated rings. The highest BCUT2D eigenvalue weighted by molar-refractivity contribution is 5.10. The topological polar surface area (TPSA) is 0 Å². The molecule has 0 aromatic carbocycles. The predicted molar refractivity (Wildman–Crippen MR) is 327 cm³/mol. The van der Waals surface area contributed by atoms with Gasteiger partial charge in [-0.15, -0.1) is 0 Å². The van der Waals surface area contributed by atoms with E-state index in [1.54, 1.807) is 244 Å². The third-order valence-electron chi connectivity index (χ3n) is 30.5. The molecule has 0 radical (unpaired) electrons. The van der Waals surface area contributed by atoms with Crippen LogP contribution in [0.1, 0.15) is 303 Å². The van der Waals surface area contributed by atoms with Crippen LogP contribution in [0.5, 0.6) is 0 Å². The van der Waals surface area contributed by atoms with Crippen LogP contribution in [-0.4, -0.2) is 11.3 Å². The van der Waals surface area contributed by atoms with Gasteiger partial charge in [-0.25, -0.2) is 8.78 Å². The van der Waals surface area contributed by atoms with E-state index >= 15 is 0 Å². The van der Waals surface area contributed by atoms with E-state index in [1.165, 1.54) is 142 Å². The maximum atomic E-state index is 12.3. The number of halogens is 2. The average Bonchev–Trinajstić information content (AvgIpc) is 3.91. The standard InChI is InChI=1S/5C6H10.2C5H7F.6C5H8.2C4H6/c2*1-6-2-5(3-6)4-6;3*1-2-6-3-5(1)4-6;2*6-5-1-4(2-5)3-5;2*1-4-2-5(1)3-4;1-3-4-2-5(3)4;3*1-2-5-3-4(1)5;2*1-3-2-4(1)3/h2*5H,2-4H2,1H3;3*5-6H,1-4H2;2*4H,1-3H2;2*4-5H,1-3H2;3-5H,2H2,1H3;3*4-5H,1-3H2;2*3-4H,1-2H2. The third kappa shape index (κ3) is 13.6. The third-order valence-corrected chi connectivity index (χ3v) is 30.5. The Hall–Kier alpha value is -0.140. The molecular weight excluding hydrogens is 975 g/mol. The lowest BCUT2D eigenvalue weighted by Gasteiger charge is -2.60. The summed E-state index contributed by atoms with van der Waals surface area (Å²) in [5.74, 6) is 31.9. The lowest BCUT2D eigenvalue weighted by atomic mass is 9.45. The van der Waals surface area contributed by atoms with Crippen molar-refractivity contribution in [1.29, 1.82) is 0 Å². The summed E-state index contributed by atoms with van der Waals surface area (Å²) in [5, 5.41) is 0. The van der Waals surface area contributed by atoms with E-state index < -0.39 is 11.3 Å². The molecule has 0 aromatic rings. The summed E-state index contributed by atoms with van der Waals surface area (Å²) in [6.45, 7) is 7.14. The first-order chi connectivity index (χ1) is 38.6. The molecule has 0 N–H and O–H groups in total. The van der Waals surface area contributed by atoms with Gasteiger partial charge in [-0.3, -0.25) is 0 Å². The molecule has 2 heteroatoms. The van der Waals surface area contributed by atoms with Gasteiger partial charge in [-0.05, 0) is 415 Å². The highest BCUT2D eigenvalue weighted by Gasteiger charge is 2.61. The molecule has 0 amide bonds. The molecule has 0 aromatic heterocycles. The maximum Gasteiger partial charge on any atom is 0.111 e. The first kappa shape index (κ1) is 55.2. The van der Waals surface area contributed by atoms with Crippen LogP contribution >= 0.6 is 0 Å². The Bertz CT molecular complexity index is 1670. The van der Waals surface area contributed by atoms with Crippen molar-refractivity contribution in [1.82, 2.24) is 0 Å². The summed E-state index contributed by atoms with van der Waals surface area (Å²) in [5.41, 5.74) is 0.463. The van der Waals surface area contributed by atoms with Crippen molar-refractivity contribution in [3.63, 3.8) is 0 Å². The largest absolute Gasteiger partial charge is 0.244 e. The molecule has 0 saturated heterocycles.